The van der Waals surface area contributed by atoms with E-state index in [1.807, 2.05) is 6.08 Å². The van der Waals surface area contributed by atoms with Crippen LogP contribution in [0.15, 0.2) is 11.0 Å². The fraction of sp³-hybridized carbons (Fsp3) is 0.600. The van der Waals surface area contributed by atoms with Crippen molar-refractivity contribution in [1.29, 1.82) is 0 Å². The van der Waals surface area contributed by atoms with Crippen LogP contribution in [0.25, 0.3) is 0 Å². The minimum absolute atomic E-state index is 0.957. The minimum Gasteiger partial charge on any atom is -0.252 e. The molecule has 0 heterocycles. The Balaban J connectivity index is 2.91. The lowest BCUT2D eigenvalue weighted by Crippen LogP contribution is -2.04. The molecule has 0 spiro atoms. The number of hydrogen-bond acceptors (Lipinski definition) is 2. The van der Waals surface area contributed by atoms with E-state index in [-0.39, 0.29) is 0 Å². The summed E-state index contributed by atoms with van der Waals surface area (Å²) in [6, 6.07) is 0. The van der Waals surface area contributed by atoms with Crippen LogP contribution < -0.4 is 0 Å². The summed E-state index contributed by atoms with van der Waals surface area (Å²) >= 11 is 4.72. The largest absolute Gasteiger partial charge is 0.252 e. The summed E-state index contributed by atoms with van der Waals surface area (Å²) in [5, 5.41) is 0. The van der Waals surface area contributed by atoms with E-state index in [0.717, 1.165) is 17.7 Å². The second-order valence-electron chi connectivity index (χ2n) is 1.98. The van der Waals surface area contributed by atoms with Gasteiger partial charge in [0.1, 0.15) is 0 Å². The smallest absolute Gasteiger partial charge is 0.0519 e. The molecular weight excluding hydrogens is 140 g/mol. The minimum atomic E-state index is -1.97. The van der Waals surface area contributed by atoms with Gasteiger partial charge < -0.3 is 0 Å². The summed E-state index contributed by atoms with van der Waals surface area (Å²) in [7, 11) is -1.97. The SMILES string of the molecule is CS(=O)(=S)C1=CCC1. The van der Waals surface area contributed by atoms with Crippen LogP contribution in [0.5, 0.6) is 0 Å². The first kappa shape index (κ1) is 6.23. The monoisotopic (exact) mass is 148 g/mol. The molecule has 1 nitrogen and oxygen atoms in total. The van der Waals surface area contributed by atoms with Gasteiger partial charge in [0.05, 0.1) is 8.49 Å². The molecule has 1 rings (SSSR count). The van der Waals surface area contributed by atoms with Crippen molar-refractivity contribution in [2.75, 3.05) is 6.26 Å². The second-order valence-corrected chi connectivity index (χ2v) is 5.96. The quantitative estimate of drug-likeness (QED) is 0.552. The van der Waals surface area contributed by atoms with E-state index in [4.69, 9.17) is 11.2 Å². The molecule has 0 aromatic carbocycles. The number of hydrogen-bond donors (Lipinski definition) is 0. The predicted molar refractivity (Wildman–Crippen MR) is 38.7 cm³/mol. The van der Waals surface area contributed by atoms with Gasteiger partial charge in [0.2, 0.25) is 0 Å². The number of allylic oxidation sites excluding steroid dienone is 2. The van der Waals surface area contributed by atoms with Crippen LogP contribution in [0.4, 0.5) is 0 Å². The topological polar surface area (TPSA) is 17.1 Å². The summed E-state index contributed by atoms with van der Waals surface area (Å²) in [4.78, 5) is 0.979. The summed E-state index contributed by atoms with van der Waals surface area (Å²) < 4.78 is 10.9. The first-order valence-corrected chi connectivity index (χ1v) is 5.39. The maximum Gasteiger partial charge on any atom is 0.0519 e. The Morgan fingerprint density at radius 2 is 2.38 bits per heavy atom. The van der Waals surface area contributed by atoms with E-state index in [1.165, 1.54) is 0 Å². The van der Waals surface area contributed by atoms with Crippen LogP contribution in [-0.4, -0.2) is 10.5 Å². The van der Waals surface area contributed by atoms with Crippen molar-refractivity contribution in [1.82, 2.24) is 0 Å². The van der Waals surface area contributed by atoms with Crippen molar-refractivity contribution >= 4 is 19.7 Å². The van der Waals surface area contributed by atoms with Crippen molar-refractivity contribution in [3.05, 3.63) is 11.0 Å². The van der Waals surface area contributed by atoms with Crippen LogP contribution in [-0.2, 0) is 19.7 Å². The normalized spacial score (nSPS) is 25.4. The first-order chi connectivity index (χ1) is 3.61. The van der Waals surface area contributed by atoms with Gasteiger partial charge in [-0.15, -0.1) is 0 Å². The third-order valence-electron chi connectivity index (χ3n) is 1.24. The lowest BCUT2D eigenvalue weighted by atomic mass is 10.1. The van der Waals surface area contributed by atoms with Crippen LogP contribution in [0.1, 0.15) is 12.8 Å². The van der Waals surface area contributed by atoms with Crippen LogP contribution in [0.3, 0.4) is 0 Å². The second kappa shape index (κ2) is 1.81. The zero-order valence-corrected chi connectivity index (χ0v) is 6.35. The molecule has 0 aromatic heterocycles. The molecule has 0 saturated carbocycles. The maximum atomic E-state index is 10.9. The van der Waals surface area contributed by atoms with Crippen molar-refractivity contribution in [2.24, 2.45) is 0 Å². The lowest BCUT2D eigenvalue weighted by molar-refractivity contribution is 0.685. The fourth-order valence-corrected chi connectivity index (χ4v) is 1.96. The molecule has 0 bridgehead atoms. The Morgan fingerprint density at radius 3 is 2.38 bits per heavy atom. The molecule has 0 N–H and O–H groups in total. The molecule has 46 valence electrons. The molecule has 0 amide bonds. The van der Waals surface area contributed by atoms with Gasteiger partial charge >= 0.3 is 0 Å². The lowest BCUT2D eigenvalue weighted by Gasteiger charge is -2.12. The van der Waals surface area contributed by atoms with E-state index < -0.39 is 8.49 Å². The van der Waals surface area contributed by atoms with Crippen LogP contribution in [0, 0.1) is 0 Å². The molecule has 8 heavy (non-hydrogen) atoms. The Kier molecular flexibility index (Phi) is 1.41. The van der Waals surface area contributed by atoms with Gasteiger partial charge in [-0.25, -0.2) is 0 Å². The maximum absolute atomic E-state index is 10.9. The Morgan fingerprint density at radius 1 is 1.88 bits per heavy atom. The van der Waals surface area contributed by atoms with E-state index in [1.54, 1.807) is 6.26 Å². The highest BCUT2D eigenvalue weighted by Gasteiger charge is 2.12. The van der Waals surface area contributed by atoms with Crippen LogP contribution >= 0.6 is 0 Å². The predicted octanol–water partition coefficient (Wildman–Crippen LogP) is 1.04. The average Bonchev–Trinajstić information content (AvgIpc) is 1.16. The van der Waals surface area contributed by atoms with Crippen molar-refractivity contribution in [3.8, 4) is 0 Å². The summed E-state index contributed by atoms with van der Waals surface area (Å²) in [6.07, 6.45) is 5.61. The molecule has 0 saturated heterocycles. The van der Waals surface area contributed by atoms with E-state index in [0.29, 0.717) is 0 Å². The molecule has 0 fully saturated rings. The highest BCUT2D eigenvalue weighted by atomic mass is 32.8. The van der Waals surface area contributed by atoms with E-state index in [9.17, 15) is 4.21 Å². The zero-order valence-electron chi connectivity index (χ0n) is 4.72. The molecule has 0 radical (unpaired) electrons. The number of rotatable bonds is 1. The Bertz CT molecular complexity index is 211. The molecular formula is C5H8OS2. The van der Waals surface area contributed by atoms with E-state index in [2.05, 4.69) is 0 Å². The Hall–Kier alpha value is 0.110. The standard InChI is InChI=1S/C5H8OS2/c1-8(6,7)5-3-2-4-5/h3H,2,4H2,1H3. The third-order valence-corrected chi connectivity index (χ3v) is 3.20. The van der Waals surface area contributed by atoms with Gasteiger partial charge in [0.15, 0.2) is 0 Å². The molecule has 1 unspecified atom stereocenters. The highest BCUT2D eigenvalue weighted by molar-refractivity contribution is 8.34. The first-order valence-electron chi connectivity index (χ1n) is 2.50. The highest BCUT2D eigenvalue weighted by Crippen LogP contribution is 2.22. The molecule has 0 aliphatic heterocycles. The summed E-state index contributed by atoms with van der Waals surface area (Å²) in [6.45, 7) is 0. The molecule has 3 heteroatoms. The van der Waals surface area contributed by atoms with Crippen LogP contribution in [0.2, 0.25) is 0 Å². The summed E-state index contributed by atoms with van der Waals surface area (Å²) in [5.74, 6) is 0. The van der Waals surface area contributed by atoms with Gasteiger partial charge in [0, 0.05) is 11.2 Å². The molecule has 1 atom stereocenters. The van der Waals surface area contributed by atoms with Gasteiger partial charge in [-0.2, -0.15) is 0 Å². The summed E-state index contributed by atoms with van der Waals surface area (Å²) in [5.41, 5.74) is 0. The third kappa shape index (κ3) is 1.09. The Labute approximate surface area is 54.5 Å². The van der Waals surface area contributed by atoms with Crippen molar-refractivity contribution in [2.45, 2.75) is 12.8 Å². The van der Waals surface area contributed by atoms with Gasteiger partial charge in [-0.05, 0) is 24.0 Å². The van der Waals surface area contributed by atoms with Gasteiger partial charge in [0.25, 0.3) is 0 Å². The van der Waals surface area contributed by atoms with Crippen molar-refractivity contribution < 1.29 is 4.21 Å². The molecule has 1 aliphatic carbocycles. The fourth-order valence-electron chi connectivity index (χ4n) is 0.599. The zero-order chi connectivity index (χ0) is 6.20. The van der Waals surface area contributed by atoms with E-state index >= 15 is 0 Å². The molecule has 0 aromatic rings. The van der Waals surface area contributed by atoms with Crippen molar-refractivity contribution in [3.63, 3.8) is 0 Å². The van der Waals surface area contributed by atoms with Gasteiger partial charge in [-0.1, -0.05) is 6.08 Å². The molecule has 1 aliphatic rings. The average molecular weight is 148 g/mol. The van der Waals surface area contributed by atoms with Gasteiger partial charge in [-0.3, -0.25) is 4.21 Å².